The standard InChI is InChI=1S/C30H35F6N8O2.U/c1-16-13-20(7-5-11-42-28(39)40)23(30(34,35)36)15-24(16)44-26(46)18(3)12-17(2)25(45)43-21-9-8-19(6-4-10-41-27(37)38)22(14-21)29(31,32)33;/h8,12-15H,2,4-7,10-11H2,1,3H3,(H,43,45)(H,44,46)(H4,37,38,41)(H4,39,40,42);/q-1;/b18-12+;. The minimum absolute atomic E-state index is 0. The molecule has 10 N–H and O–H groups in total. The minimum Gasteiger partial charge on any atom is -0.370 e. The van der Waals surface area contributed by atoms with Crippen molar-refractivity contribution in [2.45, 2.75) is 51.9 Å². The maximum absolute atomic E-state index is 13.8. The molecular weight excluding hydrogens is 856 g/mol. The summed E-state index contributed by atoms with van der Waals surface area (Å²) in [7, 11) is 0. The van der Waals surface area contributed by atoms with E-state index in [1.54, 1.807) is 0 Å². The van der Waals surface area contributed by atoms with Gasteiger partial charge in [0.05, 0.1) is 5.56 Å². The van der Waals surface area contributed by atoms with Crippen molar-refractivity contribution in [1.29, 1.82) is 0 Å². The number of nitrogens with two attached hydrogens (primary N) is 4. The summed E-state index contributed by atoms with van der Waals surface area (Å²) >= 11 is 0. The summed E-state index contributed by atoms with van der Waals surface area (Å²) in [5, 5.41) is 4.65. The molecule has 0 bridgehead atoms. The molecule has 0 aliphatic carbocycles. The second-order valence-corrected chi connectivity index (χ2v) is 10.2. The van der Waals surface area contributed by atoms with Crippen LogP contribution in [0.5, 0.6) is 0 Å². The normalized spacial score (nSPS) is 11.6. The molecule has 0 aliphatic heterocycles. The molecule has 2 rings (SSSR count). The van der Waals surface area contributed by atoms with Crippen LogP contribution < -0.4 is 33.6 Å². The number of halogens is 6. The number of benzene rings is 2. The second-order valence-electron chi connectivity index (χ2n) is 10.2. The number of amides is 2. The summed E-state index contributed by atoms with van der Waals surface area (Å²) < 4.78 is 82.5. The molecular formula is C30H35F6N8O2U-. The van der Waals surface area contributed by atoms with Crippen molar-refractivity contribution in [2.75, 3.05) is 23.7 Å². The van der Waals surface area contributed by atoms with Crippen LogP contribution in [0, 0.1) is 44.1 Å². The summed E-state index contributed by atoms with van der Waals surface area (Å²) in [5.41, 5.74) is 18.4. The largest absolute Gasteiger partial charge is 0.416 e. The molecule has 10 nitrogen and oxygen atoms in total. The van der Waals surface area contributed by atoms with Crippen LogP contribution >= 0.6 is 0 Å². The van der Waals surface area contributed by atoms with E-state index in [2.05, 4.69) is 33.3 Å². The monoisotopic (exact) mass is 891 g/mol. The third-order valence-electron chi connectivity index (χ3n) is 6.43. The number of carbonyl (C=O) groups is 2. The number of aliphatic imine (C=N–C) groups is 2. The number of anilines is 2. The first-order valence-corrected chi connectivity index (χ1v) is 13.7. The molecule has 0 atom stereocenters. The number of carbonyl (C=O) groups excluding carboxylic acids is 2. The van der Waals surface area contributed by atoms with Crippen LogP contribution in [0.2, 0.25) is 0 Å². The van der Waals surface area contributed by atoms with Crippen molar-refractivity contribution in [2.24, 2.45) is 32.9 Å². The molecule has 0 saturated carbocycles. The van der Waals surface area contributed by atoms with Gasteiger partial charge in [0.1, 0.15) is 0 Å². The fraction of sp³-hybridized carbons (Fsp3) is 0.333. The van der Waals surface area contributed by atoms with Crippen molar-refractivity contribution in [3.05, 3.63) is 82.0 Å². The van der Waals surface area contributed by atoms with Crippen LogP contribution in [0.25, 0.3) is 0 Å². The topological polar surface area (TPSA) is 187 Å². The zero-order valence-electron chi connectivity index (χ0n) is 25.6. The van der Waals surface area contributed by atoms with Gasteiger partial charge in [0.2, 0.25) is 0 Å². The third kappa shape index (κ3) is 13.4. The van der Waals surface area contributed by atoms with Gasteiger partial charge < -0.3 is 33.6 Å². The first-order chi connectivity index (χ1) is 21.3. The van der Waals surface area contributed by atoms with Crippen LogP contribution in [-0.4, -0.2) is 36.8 Å². The Morgan fingerprint density at radius 2 is 1.36 bits per heavy atom. The number of guanidine groups is 2. The summed E-state index contributed by atoms with van der Waals surface area (Å²) in [5.74, 6) is -2.13. The summed E-state index contributed by atoms with van der Waals surface area (Å²) in [6, 6.07) is 6.51. The van der Waals surface area contributed by atoms with Gasteiger partial charge in [-0.05, 0) is 61.9 Å². The van der Waals surface area contributed by atoms with Crippen molar-refractivity contribution in [3.63, 3.8) is 0 Å². The van der Waals surface area contributed by atoms with Crippen molar-refractivity contribution >= 4 is 35.1 Å². The zero-order chi connectivity index (χ0) is 34.8. The smallest absolute Gasteiger partial charge is 0.370 e. The molecule has 0 fully saturated rings. The van der Waals surface area contributed by atoms with E-state index < -0.39 is 35.3 Å². The van der Waals surface area contributed by atoms with E-state index in [-0.39, 0.29) is 115 Å². The molecule has 0 aliphatic rings. The zero-order valence-corrected chi connectivity index (χ0v) is 29.8. The van der Waals surface area contributed by atoms with Gasteiger partial charge in [0, 0.05) is 61.0 Å². The van der Waals surface area contributed by atoms with Gasteiger partial charge in [-0.2, -0.15) is 38.5 Å². The second kappa shape index (κ2) is 17.8. The van der Waals surface area contributed by atoms with E-state index in [0.29, 0.717) is 5.56 Å². The number of nitrogens with one attached hydrogen (secondary N) is 2. The number of aryl methyl sites for hydroxylation is 3. The van der Waals surface area contributed by atoms with Gasteiger partial charge in [-0.1, -0.05) is 24.8 Å². The number of alkyl halides is 6. The summed E-state index contributed by atoms with van der Waals surface area (Å²) in [6.45, 7) is 6.60. The Kier molecular flexibility index (Phi) is 15.6. The van der Waals surface area contributed by atoms with E-state index in [4.69, 9.17) is 22.9 Å². The summed E-state index contributed by atoms with van der Waals surface area (Å²) in [4.78, 5) is 33.0. The Labute approximate surface area is 291 Å². The van der Waals surface area contributed by atoms with Gasteiger partial charge in [-0.15, -0.1) is 11.6 Å². The summed E-state index contributed by atoms with van der Waals surface area (Å²) in [6.07, 6.45) is -7.91. The first-order valence-electron chi connectivity index (χ1n) is 13.7. The van der Waals surface area contributed by atoms with Gasteiger partial charge >= 0.3 is 12.4 Å². The molecule has 2 aromatic rings. The predicted octanol–water partition coefficient (Wildman–Crippen LogP) is 4.32. The SMILES string of the molecule is C=C(/C=C(\C)C(=O)Nc1cc(C(F)(F)F)c(CCCN=C(N)N)cc1C)C(=O)Nc1[c-]cc(CCCN=C(N)N)c(C(F)(F)F)c1.[U]. The van der Waals surface area contributed by atoms with Crippen LogP contribution in [-0.2, 0) is 34.8 Å². The molecule has 0 aromatic heterocycles. The van der Waals surface area contributed by atoms with Crippen molar-refractivity contribution in [1.82, 2.24) is 0 Å². The number of hydrogen-bond acceptors (Lipinski definition) is 4. The van der Waals surface area contributed by atoms with Crippen LogP contribution in [0.15, 0.2) is 58.1 Å². The molecule has 0 spiro atoms. The molecule has 2 aromatic carbocycles. The van der Waals surface area contributed by atoms with Crippen LogP contribution in [0.3, 0.4) is 0 Å². The Morgan fingerprint density at radius 3 is 1.87 bits per heavy atom. The van der Waals surface area contributed by atoms with Crippen LogP contribution in [0.1, 0.15) is 47.6 Å². The van der Waals surface area contributed by atoms with Crippen molar-refractivity contribution in [3.8, 4) is 0 Å². The van der Waals surface area contributed by atoms with Gasteiger partial charge in [0.25, 0.3) is 11.8 Å². The Bertz CT molecular complexity index is 1540. The van der Waals surface area contributed by atoms with E-state index in [1.807, 2.05) is 0 Å². The fourth-order valence-electron chi connectivity index (χ4n) is 4.21. The van der Waals surface area contributed by atoms with Gasteiger partial charge in [-0.25, -0.2) is 0 Å². The average molecular weight is 892 g/mol. The quantitative estimate of drug-likeness (QED) is 0.0331. The molecule has 0 radical (unpaired) electrons. The van der Waals surface area contributed by atoms with E-state index in [9.17, 15) is 35.9 Å². The van der Waals surface area contributed by atoms with Gasteiger partial charge in [0.15, 0.2) is 11.9 Å². The van der Waals surface area contributed by atoms with E-state index in [0.717, 1.165) is 24.3 Å². The minimum atomic E-state index is -4.73. The van der Waals surface area contributed by atoms with E-state index >= 15 is 0 Å². The Morgan fingerprint density at radius 1 is 0.851 bits per heavy atom. The molecule has 2 amide bonds. The average Bonchev–Trinajstić information content (AvgIpc) is 2.93. The Hall–Kier alpha value is -3.97. The van der Waals surface area contributed by atoms with E-state index in [1.165, 1.54) is 19.9 Å². The maximum atomic E-state index is 13.8. The maximum Gasteiger partial charge on any atom is 0.416 e. The van der Waals surface area contributed by atoms with Crippen LogP contribution in [0.4, 0.5) is 37.7 Å². The molecule has 47 heavy (non-hydrogen) atoms. The number of rotatable bonds is 13. The molecule has 0 saturated heterocycles. The first kappa shape index (κ1) is 41.1. The molecule has 17 heteroatoms. The van der Waals surface area contributed by atoms with Gasteiger partial charge in [-0.3, -0.25) is 19.6 Å². The predicted molar refractivity (Wildman–Crippen MR) is 165 cm³/mol. The molecule has 0 heterocycles. The molecule has 0 unspecified atom stereocenters. The fourth-order valence-corrected chi connectivity index (χ4v) is 4.21. The molecule has 254 valence electrons. The van der Waals surface area contributed by atoms with Crippen molar-refractivity contribution < 1.29 is 67.0 Å². The number of nitrogens with zero attached hydrogens (tertiary/aromatic N) is 2. The Balaban J connectivity index is 0.0000110. The third-order valence-corrected chi connectivity index (χ3v) is 6.43. The number of hydrogen-bond donors (Lipinski definition) is 6.